The van der Waals surface area contributed by atoms with Gasteiger partial charge in [-0.1, -0.05) is 31.9 Å². The highest BCUT2D eigenvalue weighted by atomic mass is 19.1. The molecule has 1 amide bonds. The number of hydrogen-bond donors (Lipinski definition) is 1. The molecular weight excluding hydrogens is 533 g/mol. The summed E-state index contributed by atoms with van der Waals surface area (Å²) in [5.74, 6) is 1.62. The van der Waals surface area contributed by atoms with E-state index in [9.17, 15) is 9.18 Å². The first-order valence-corrected chi connectivity index (χ1v) is 15.8. The fourth-order valence-electron chi connectivity index (χ4n) is 6.54. The van der Waals surface area contributed by atoms with E-state index in [-0.39, 0.29) is 11.7 Å². The molecule has 1 saturated carbocycles. The predicted molar refractivity (Wildman–Crippen MR) is 163 cm³/mol. The number of aromatic nitrogens is 4. The van der Waals surface area contributed by atoms with Crippen LogP contribution in [0.15, 0.2) is 30.6 Å². The van der Waals surface area contributed by atoms with Crippen LogP contribution in [0, 0.1) is 11.7 Å². The summed E-state index contributed by atoms with van der Waals surface area (Å²) in [5, 5.41) is 3.36. The Morgan fingerprint density at radius 2 is 1.64 bits per heavy atom. The van der Waals surface area contributed by atoms with Gasteiger partial charge in [-0.05, 0) is 50.0 Å². The third-order valence-corrected chi connectivity index (χ3v) is 9.19. The van der Waals surface area contributed by atoms with Gasteiger partial charge in [0.2, 0.25) is 11.9 Å². The number of anilines is 2. The maximum Gasteiger partial charge on any atom is 0.227 e. The van der Waals surface area contributed by atoms with Crippen molar-refractivity contribution >= 4 is 28.8 Å². The Hall–Kier alpha value is -3.31. The van der Waals surface area contributed by atoms with Crippen LogP contribution in [-0.2, 0) is 17.9 Å². The topological polar surface area (TPSA) is 85.7 Å². The van der Waals surface area contributed by atoms with E-state index < -0.39 is 0 Å². The van der Waals surface area contributed by atoms with E-state index in [1.54, 1.807) is 12.1 Å². The lowest BCUT2D eigenvalue weighted by Gasteiger charge is -2.36. The number of fused-ring (bicyclic) bond motifs is 1. The number of carbonyl (C=O) groups is 1. The van der Waals surface area contributed by atoms with Crippen LogP contribution in [0.5, 0.6) is 0 Å². The average Bonchev–Trinajstić information content (AvgIpc) is 3.72. The van der Waals surface area contributed by atoms with Crippen LogP contribution >= 0.6 is 0 Å². The Labute approximate surface area is 247 Å². The maximum atomic E-state index is 13.4. The number of nitrogens with one attached hydrogen (secondary N) is 1. The van der Waals surface area contributed by atoms with Crippen molar-refractivity contribution in [1.82, 2.24) is 34.2 Å². The molecule has 2 saturated heterocycles. The van der Waals surface area contributed by atoms with Gasteiger partial charge in [-0.3, -0.25) is 4.79 Å². The fourth-order valence-corrected chi connectivity index (χ4v) is 6.54. The van der Waals surface area contributed by atoms with Crippen LogP contribution in [0.3, 0.4) is 0 Å². The summed E-state index contributed by atoms with van der Waals surface area (Å²) in [5.41, 5.74) is 2.58. The number of halogens is 1. The molecule has 0 bridgehead atoms. The monoisotopic (exact) mass is 577 g/mol. The summed E-state index contributed by atoms with van der Waals surface area (Å²) in [6, 6.07) is 6.48. The summed E-state index contributed by atoms with van der Waals surface area (Å²) in [7, 11) is 0. The number of amides is 1. The van der Waals surface area contributed by atoms with Crippen molar-refractivity contribution in [2.75, 3.05) is 75.7 Å². The zero-order valence-corrected chi connectivity index (χ0v) is 24.8. The van der Waals surface area contributed by atoms with Gasteiger partial charge < -0.3 is 29.5 Å². The highest BCUT2D eigenvalue weighted by Crippen LogP contribution is 2.29. The van der Waals surface area contributed by atoms with Crippen molar-refractivity contribution < 1.29 is 9.18 Å². The number of benzene rings is 1. The second-order valence-electron chi connectivity index (χ2n) is 11.9. The van der Waals surface area contributed by atoms with E-state index >= 15 is 0 Å². The third kappa shape index (κ3) is 6.67. The molecular formula is C31H44FN9O. The van der Waals surface area contributed by atoms with Crippen LogP contribution < -0.4 is 10.2 Å². The Kier molecular flexibility index (Phi) is 9.14. The summed E-state index contributed by atoms with van der Waals surface area (Å²) < 4.78 is 15.6. The first kappa shape index (κ1) is 28.8. The van der Waals surface area contributed by atoms with Gasteiger partial charge >= 0.3 is 0 Å². The first-order chi connectivity index (χ1) is 20.6. The van der Waals surface area contributed by atoms with Crippen molar-refractivity contribution in [2.45, 2.75) is 52.1 Å². The van der Waals surface area contributed by atoms with Gasteiger partial charge in [0.1, 0.15) is 5.82 Å². The molecule has 10 nitrogen and oxygen atoms in total. The molecule has 226 valence electrons. The molecule has 0 spiro atoms. The van der Waals surface area contributed by atoms with E-state index in [1.165, 1.54) is 25.0 Å². The first-order valence-electron chi connectivity index (χ1n) is 15.8. The molecule has 3 aliphatic rings. The van der Waals surface area contributed by atoms with E-state index in [1.807, 2.05) is 11.2 Å². The van der Waals surface area contributed by atoms with Crippen LogP contribution in [0.2, 0.25) is 0 Å². The molecule has 3 fully saturated rings. The largest absolute Gasteiger partial charge is 0.351 e. The summed E-state index contributed by atoms with van der Waals surface area (Å²) in [6.45, 7) is 13.1. The molecule has 1 N–H and O–H groups in total. The molecule has 1 aliphatic carbocycles. The number of piperazine rings is 2. The van der Waals surface area contributed by atoms with Gasteiger partial charge in [0.25, 0.3) is 0 Å². The minimum absolute atomic E-state index is 0.204. The number of hydrogen-bond acceptors (Lipinski definition) is 8. The molecule has 0 radical (unpaired) electrons. The maximum absolute atomic E-state index is 13.4. The number of nitrogens with zero attached hydrogens (tertiary/aromatic N) is 8. The Balaban J connectivity index is 1.17. The second-order valence-corrected chi connectivity index (χ2v) is 11.9. The third-order valence-electron chi connectivity index (χ3n) is 9.19. The molecule has 2 aromatic heterocycles. The van der Waals surface area contributed by atoms with E-state index in [0.29, 0.717) is 31.5 Å². The van der Waals surface area contributed by atoms with Crippen LogP contribution in [-0.4, -0.2) is 106 Å². The highest BCUT2D eigenvalue weighted by molar-refractivity contribution is 5.85. The van der Waals surface area contributed by atoms with E-state index in [4.69, 9.17) is 15.0 Å². The van der Waals surface area contributed by atoms with Crippen molar-refractivity contribution in [3.63, 3.8) is 0 Å². The van der Waals surface area contributed by atoms with Crippen molar-refractivity contribution in [1.29, 1.82) is 0 Å². The Morgan fingerprint density at radius 3 is 2.36 bits per heavy atom. The quantitative estimate of drug-likeness (QED) is 0.392. The van der Waals surface area contributed by atoms with Crippen LogP contribution in [0.4, 0.5) is 16.2 Å². The number of imidazole rings is 1. The minimum atomic E-state index is -0.250. The number of aryl methyl sites for hydroxylation is 1. The van der Waals surface area contributed by atoms with E-state index in [2.05, 4.69) is 31.5 Å². The zero-order chi connectivity index (χ0) is 28.9. The minimum Gasteiger partial charge on any atom is -0.351 e. The molecule has 42 heavy (non-hydrogen) atoms. The van der Waals surface area contributed by atoms with Gasteiger partial charge in [-0.2, -0.15) is 9.97 Å². The lowest BCUT2D eigenvalue weighted by molar-refractivity contribution is -0.135. The Bertz CT molecular complexity index is 1320. The van der Waals surface area contributed by atoms with Crippen molar-refractivity contribution in [3.05, 3.63) is 42.0 Å². The molecule has 3 aromatic rings. The fraction of sp³-hybridized carbons (Fsp3) is 0.613. The van der Waals surface area contributed by atoms with E-state index in [0.717, 1.165) is 101 Å². The standard InChI is InChI=1S/C31H44FN9O/c1-2-37-14-16-38(17-15-37)12-5-13-41-23-34-27-28(39-18-20-40(21-19-39)30(42)25-6-3-4-7-25)35-31(36-29(27)41)33-22-24-8-10-26(32)11-9-24/h8-11,23,25H,2-7,12-22H2,1H3,(H,33,35,36). The van der Waals surface area contributed by atoms with Crippen LogP contribution in [0.1, 0.15) is 44.6 Å². The second kappa shape index (κ2) is 13.3. The molecule has 6 rings (SSSR count). The zero-order valence-electron chi connectivity index (χ0n) is 24.8. The van der Waals surface area contributed by atoms with Gasteiger partial charge in [-0.25, -0.2) is 9.37 Å². The van der Waals surface area contributed by atoms with Gasteiger partial charge in [0, 0.05) is 71.4 Å². The number of carbonyl (C=O) groups excluding carboxylic acids is 1. The molecule has 2 aliphatic heterocycles. The Morgan fingerprint density at radius 1 is 0.929 bits per heavy atom. The van der Waals surface area contributed by atoms with Crippen molar-refractivity contribution in [2.24, 2.45) is 5.92 Å². The number of rotatable bonds is 10. The SMILES string of the molecule is CCN1CCN(CCCn2cnc3c(N4CCN(C(=O)C5CCCC5)CC4)nc(NCc4ccc(F)cc4)nc32)CC1. The molecule has 4 heterocycles. The summed E-state index contributed by atoms with van der Waals surface area (Å²) in [4.78, 5) is 37.0. The van der Waals surface area contributed by atoms with Crippen molar-refractivity contribution in [3.8, 4) is 0 Å². The molecule has 11 heteroatoms. The number of likely N-dealkylation sites (N-methyl/N-ethyl adjacent to an activating group) is 1. The molecule has 0 unspecified atom stereocenters. The van der Waals surface area contributed by atoms with Crippen LogP contribution in [0.25, 0.3) is 11.2 Å². The summed E-state index contributed by atoms with van der Waals surface area (Å²) >= 11 is 0. The lowest BCUT2D eigenvalue weighted by atomic mass is 10.1. The predicted octanol–water partition coefficient (Wildman–Crippen LogP) is 3.44. The smallest absolute Gasteiger partial charge is 0.227 e. The van der Waals surface area contributed by atoms with Gasteiger partial charge in [0.05, 0.1) is 6.33 Å². The molecule has 1 aromatic carbocycles. The highest BCUT2D eigenvalue weighted by Gasteiger charge is 2.30. The van der Waals surface area contributed by atoms with Gasteiger partial charge in [0.15, 0.2) is 17.0 Å². The molecule has 0 atom stereocenters. The summed E-state index contributed by atoms with van der Waals surface area (Å²) in [6.07, 6.45) is 7.31. The normalized spacial score (nSPS) is 19.2. The lowest BCUT2D eigenvalue weighted by Crippen LogP contribution is -2.50. The van der Waals surface area contributed by atoms with Gasteiger partial charge in [-0.15, -0.1) is 0 Å². The average molecular weight is 578 g/mol.